The van der Waals surface area contributed by atoms with E-state index in [9.17, 15) is 9.59 Å². The molecule has 6 heteroatoms. The summed E-state index contributed by atoms with van der Waals surface area (Å²) in [7, 11) is 1.71. The fourth-order valence-corrected chi connectivity index (χ4v) is 1.43. The van der Waals surface area contributed by atoms with Crippen molar-refractivity contribution in [3.05, 3.63) is 0 Å². The van der Waals surface area contributed by atoms with Crippen LogP contribution in [0.15, 0.2) is 0 Å². The van der Waals surface area contributed by atoms with Crippen molar-refractivity contribution >= 4 is 12.1 Å². The summed E-state index contributed by atoms with van der Waals surface area (Å²) in [5.41, 5.74) is -0.497. The number of nitrogens with one attached hydrogen (secondary N) is 2. The largest absolute Gasteiger partial charge is 0.465 e. The number of rotatable bonds is 7. The molecule has 0 aliphatic heterocycles. The minimum atomic E-state index is -0.497. The predicted octanol–water partition coefficient (Wildman–Crippen LogP) is 1.44. The van der Waals surface area contributed by atoms with Gasteiger partial charge in [-0.3, -0.25) is 4.79 Å². The van der Waals surface area contributed by atoms with Crippen LogP contribution in [0.2, 0.25) is 0 Å². The fourth-order valence-electron chi connectivity index (χ4n) is 1.43. The van der Waals surface area contributed by atoms with Gasteiger partial charge >= 0.3 is 12.1 Å². The molecule has 0 radical (unpaired) electrons. The van der Waals surface area contributed by atoms with Gasteiger partial charge in [0.1, 0.15) is 11.6 Å². The Morgan fingerprint density at radius 3 is 2.37 bits per heavy atom. The highest BCUT2D eigenvalue weighted by molar-refractivity contribution is 5.75. The van der Waals surface area contributed by atoms with Crippen molar-refractivity contribution in [1.29, 1.82) is 0 Å². The average Bonchev–Trinajstić information content (AvgIpc) is 2.27. The Hall–Kier alpha value is -1.30. The second-order valence-electron chi connectivity index (χ2n) is 5.16. The first-order valence-electron chi connectivity index (χ1n) is 6.61. The zero-order valence-corrected chi connectivity index (χ0v) is 12.5. The number of hydrogen-bond donors (Lipinski definition) is 2. The van der Waals surface area contributed by atoms with Crippen LogP contribution in [0.5, 0.6) is 0 Å². The van der Waals surface area contributed by atoms with E-state index in [4.69, 9.17) is 9.47 Å². The molecule has 0 aliphatic carbocycles. The molecule has 1 unspecified atom stereocenters. The van der Waals surface area contributed by atoms with Gasteiger partial charge in [0.15, 0.2) is 0 Å². The van der Waals surface area contributed by atoms with Crippen LogP contribution in [-0.2, 0) is 14.3 Å². The standard InChI is InChI=1S/C13H26N2O4/c1-6-18-11(16)10(14-5)8-7-9-15-12(17)19-13(2,3)4/h10,14H,6-9H2,1-5H3,(H,15,17). The molecule has 0 aliphatic rings. The van der Waals surface area contributed by atoms with Gasteiger partial charge in [0.2, 0.25) is 0 Å². The smallest absolute Gasteiger partial charge is 0.407 e. The number of hydrogen-bond acceptors (Lipinski definition) is 5. The van der Waals surface area contributed by atoms with E-state index in [1.165, 1.54) is 0 Å². The summed E-state index contributed by atoms with van der Waals surface area (Å²) in [6.45, 7) is 8.04. The molecule has 1 atom stereocenters. The number of carbonyl (C=O) groups is 2. The van der Waals surface area contributed by atoms with E-state index < -0.39 is 11.7 Å². The van der Waals surface area contributed by atoms with Gasteiger partial charge in [-0.2, -0.15) is 0 Å². The molecule has 112 valence electrons. The molecule has 0 bridgehead atoms. The third kappa shape index (κ3) is 9.30. The molecular weight excluding hydrogens is 248 g/mol. The SMILES string of the molecule is CCOC(=O)C(CCCNC(=O)OC(C)(C)C)NC. The molecule has 19 heavy (non-hydrogen) atoms. The van der Waals surface area contributed by atoms with Gasteiger partial charge in [-0.1, -0.05) is 0 Å². The van der Waals surface area contributed by atoms with E-state index in [-0.39, 0.29) is 12.0 Å². The second-order valence-corrected chi connectivity index (χ2v) is 5.16. The van der Waals surface area contributed by atoms with E-state index >= 15 is 0 Å². The van der Waals surface area contributed by atoms with Crippen molar-refractivity contribution in [2.24, 2.45) is 0 Å². The number of likely N-dealkylation sites (N-methyl/N-ethyl adjacent to an activating group) is 1. The number of esters is 1. The monoisotopic (exact) mass is 274 g/mol. The van der Waals surface area contributed by atoms with Gasteiger partial charge in [-0.15, -0.1) is 0 Å². The van der Waals surface area contributed by atoms with Crippen LogP contribution in [0.4, 0.5) is 4.79 Å². The van der Waals surface area contributed by atoms with Crippen molar-refractivity contribution in [2.75, 3.05) is 20.2 Å². The number of amides is 1. The lowest BCUT2D eigenvalue weighted by molar-refractivity contribution is -0.145. The van der Waals surface area contributed by atoms with Gasteiger partial charge < -0.3 is 20.1 Å². The van der Waals surface area contributed by atoms with Crippen molar-refractivity contribution < 1.29 is 19.1 Å². The molecular formula is C13H26N2O4. The zero-order valence-electron chi connectivity index (χ0n) is 12.5. The Kier molecular flexibility index (Phi) is 8.14. The van der Waals surface area contributed by atoms with Crippen molar-refractivity contribution in [3.63, 3.8) is 0 Å². The van der Waals surface area contributed by atoms with Gasteiger partial charge in [0, 0.05) is 6.54 Å². The van der Waals surface area contributed by atoms with Crippen molar-refractivity contribution in [3.8, 4) is 0 Å². The number of ether oxygens (including phenoxy) is 2. The van der Waals surface area contributed by atoms with E-state index in [1.807, 2.05) is 20.8 Å². The lowest BCUT2D eigenvalue weighted by Gasteiger charge is -2.20. The Balaban J connectivity index is 3.83. The maximum absolute atomic E-state index is 11.5. The second kappa shape index (κ2) is 8.74. The van der Waals surface area contributed by atoms with Gasteiger partial charge in [0.05, 0.1) is 6.61 Å². The van der Waals surface area contributed by atoms with Gasteiger partial charge in [-0.25, -0.2) is 4.79 Å². The Morgan fingerprint density at radius 1 is 1.26 bits per heavy atom. The Labute approximate surface area is 115 Å². The number of carbonyl (C=O) groups excluding carboxylic acids is 2. The third-order valence-electron chi connectivity index (χ3n) is 2.26. The lowest BCUT2D eigenvalue weighted by atomic mass is 10.1. The van der Waals surface area contributed by atoms with Crippen LogP contribution in [0, 0.1) is 0 Å². The van der Waals surface area contributed by atoms with Crippen LogP contribution >= 0.6 is 0 Å². The molecule has 0 saturated heterocycles. The summed E-state index contributed by atoms with van der Waals surface area (Å²) in [6, 6.07) is -0.333. The molecule has 1 amide bonds. The van der Waals surface area contributed by atoms with Gasteiger partial charge in [-0.05, 0) is 47.6 Å². The molecule has 0 saturated carbocycles. The average molecular weight is 274 g/mol. The highest BCUT2D eigenvalue weighted by Crippen LogP contribution is 2.06. The summed E-state index contributed by atoms with van der Waals surface area (Å²) in [5.74, 6) is -0.262. The van der Waals surface area contributed by atoms with E-state index in [0.717, 1.165) is 0 Å². The van der Waals surface area contributed by atoms with E-state index in [2.05, 4.69) is 10.6 Å². The zero-order chi connectivity index (χ0) is 14.9. The maximum Gasteiger partial charge on any atom is 0.407 e. The molecule has 0 rings (SSSR count). The van der Waals surface area contributed by atoms with Crippen LogP contribution in [0.25, 0.3) is 0 Å². The normalized spacial score (nSPS) is 12.7. The lowest BCUT2D eigenvalue weighted by Crippen LogP contribution is -2.37. The van der Waals surface area contributed by atoms with Crippen LogP contribution in [0.3, 0.4) is 0 Å². The first kappa shape index (κ1) is 17.7. The van der Waals surface area contributed by atoms with Crippen LogP contribution < -0.4 is 10.6 Å². The van der Waals surface area contributed by atoms with Crippen molar-refractivity contribution in [2.45, 2.75) is 52.2 Å². The fraction of sp³-hybridized carbons (Fsp3) is 0.846. The first-order valence-corrected chi connectivity index (χ1v) is 6.61. The summed E-state index contributed by atoms with van der Waals surface area (Å²) >= 11 is 0. The van der Waals surface area contributed by atoms with E-state index in [0.29, 0.717) is 26.0 Å². The molecule has 0 aromatic rings. The maximum atomic E-state index is 11.5. The van der Waals surface area contributed by atoms with Crippen molar-refractivity contribution in [1.82, 2.24) is 10.6 Å². The highest BCUT2D eigenvalue weighted by atomic mass is 16.6. The predicted molar refractivity (Wildman–Crippen MR) is 73.0 cm³/mol. The highest BCUT2D eigenvalue weighted by Gasteiger charge is 2.18. The topological polar surface area (TPSA) is 76.7 Å². The molecule has 0 fully saturated rings. The first-order chi connectivity index (χ1) is 8.80. The summed E-state index contributed by atoms with van der Waals surface area (Å²) in [6.07, 6.45) is 0.832. The van der Waals surface area contributed by atoms with Crippen LogP contribution in [-0.4, -0.2) is 43.9 Å². The molecule has 6 nitrogen and oxygen atoms in total. The number of alkyl carbamates (subject to hydrolysis) is 1. The summed E-state index contributed by atoms with van der Waals surface area (Å²) in [5, 5.41) is 5.54. The van der Waals surface area contributed by atoms with E-state index in [1.54, 1.807) is 14.0 Å². The minimum Gasteiger partial charge on any atom is -0.465 e. The molecule has 0 aromatic carbocycles. The molecule has 0 aromatic heterocycles. The Bertz CT molecular complexity index is 287. The minimum absolute atomic E-state index is 0.262. The quantitative estimate of drug-likeness (QED) is 0.542. The third-order valence-corrected chi connectivity index (χ3v) is 2.26. The molecule has 0 heterocycles. The molecule has 2 N–H and O–H groups in total. The van der Waals surface area contributed by atoms with Gasteiger partial charge in [0.25, 0.3) is 0 Å². The van der Waals surface area contributed by atoms with Crippen LogP contribution in [0.1, 0.15) is 40.5 Å². The summed E-state index contributed by atoms with van der Waals surface area (Å²) in [4.78, 5) is 22.9. The summed E-state index contributed by atoms with van der Waals surface area (Å²) < 4.78 is 10.0. The molecule has 0 spiro atoms. The Morgan fingerprint density at radius 2 is 1.89 bits per heavy atom.